The van der Waals surface area contributed by atoms with Crippen LogP contribution in [0.1, 0.15) is 24.5 Å². The van der Waals surface area contributed by atoms with Gasteiger partial charge in [-0.3, -0.25) is 4.79 Å². The van der Waals surface area contributed by atoms with E-state index in [1.165, 1.54) is 19.1 Å². The lowest BCUT2D eigenvalue weighted by atomic mass is 10.1. The van der Waals surface area contributed by atoms with Crippen molar-refractivity contribution in [2.75, 3.05) is 5.75 Å². The quantitative estimate of drug-likeness (QED) is 0.697. The third kappa shape index (κ3) is 5.82. The number of alkyl halides is 3. The standard InChI is InChI=1S/C13H12BrF3OS/c1-9(18)19-7-3-2-4-10-5-6-11(14)8-12(10)13(15,16)17/h2,4-6,8H,3,7H2,1H3. The van der Waals surface area contributed by atoms with Crippen LogP contribution < -0.4 is 0 Å². The molecule has 0 saturated carbocycles. The number of hydrogen-bond donors (Lipinski definition) is 0. The number of carbonyl (C=O) groups is 1. The van der Waals surface area contributed by atoms with Gasteiger partial charge in [-0.2, -0.15) is 13.2 Å². The van der Waals surface area contributed by atoms with Gasteiger partial charge in [0.2, 0.25) is 0 Å². The summed E-state index contributed by atoms with van der Waals surface area (Å²) in [5, 5.41) is 0.00743. The van der Waals surface area contributed by atoms with Crippen LogP contribution in [0.15, 0.2) is 28.7 Å². The first kappa shape index (κ1) is 16.3. The molecule has 0 aliphatic carbocycles. The predicted octanol–water partition coefficient (Wildman–Crippen LogP) is 5.15. The molecule has 0 aromatic heterocycles. The Balaban J connectivity index is 2.78. The van der Waals surface area contributed by atoms with E-state index in [1.54, 1.807) is 12.1 Å². The average Bonchev–Trinajstić information content (AvgIpc) is 2.28. The maximum Gasteiger partial charge on any atom is 0.417 e. The van der Waals surface area contributed by atoms with Crippen LogP contribution in [0.2, 0.25) is 0 Å². The molecular weight excluding hydrogens is 341 g/mol. The van der Waals surface area contributed by atoms with Crippen LogP contribution in [0.4, 0.5) is 13.2 Å². The van der Waals surface area contributed by atoms with E-state index in [4.69, 9.17) is 0 Å². The number of allylic oxidation sites excluding steroid dienone is 1. The van der Waals surface area contributed by atoms with Crippen molar-refractivity contribution >= 4 is 38.9 Å². The number of hydrogen-bond acceptors (Lipinski definition) is 2. The van der Waals surface area contributed by atoms with Gasteiger partial charge in [-0.25, -0.2) is 0 Å². The average molecular weight is 353 g/mol. The Hall–Kier alpha value is -0.750. The fourth-order valence-electron chi connectivity index (χ4n) is 1.40. The number of benzene rings is 1. The first-order valence-electron chi connectivity index (χ1n) is 5.47. The van der Waals surface area contributed by atoms with Crippen molar-refractivity contribution in [1.82, 2.24) is 0 Å². The highest BCUT2D eigenvalue weighted by Crippen LogP contribution is 2.34. The van der Waals surface area contributed by atoms with E-state index < -0.39 is 11.7 Å². The second kappa shape index (κ2) is 7.14. The van der Waals surface area contributed by atoms with Gasteiger partial charge in [-0.15, -0.1) is 0 Å². The molecular formula is C13H12BrF3OS. The molecule has 0 aliphatic rings. The topological polar surface area (TPSA) is 17.1 Å². The van der Waals surface area contributed by atoms with Crippen LogP contribution in [0.3, 0.4) is 0 Å². The van der Waals surface area contributed by atoms with E-state index >= 15 is 0 Å². The maximum absolute atomic E-state index is 12.8. The Labute approximate surface area is 122 Å². The Morgan fingerprint density at radius 3 is 2.68 bits per heavy atom. The van der Waals surface area contributed by atoms with Crippen LogP contribution in [0.5, 0.6) is 0 Å². The molecule has 0 unspecified atom stereocenters. The molecule has 0 amide bonds. The SMILES string of the molecule is CC(=O)SCCC=Cc1ccc(Br)cc1C(F)(F)F. The second-order valence-corrected chi connectivity index (χ2v) is 5.95. The van der Waals surface area contributed by atoms with Crippen LogP contribution in [-0.2, 0) is 11.0 Å². The molecule has 19 heavy (non-hydrogen) atoms. The fraction of sp³-hybridized carbons (Fsp3) is 0.308. The molecule has 0 atom stereocenters. The third-order valence-electron chi connectivity index (χ3n) is 2.21. The summed E-state index contributed by atoms with van der Waals surface area (Å²) in [6.45, 7) is 1.46. The third-order valence-corrected chi connectivity index (χ3v) is 3.55. The van der Waals surface area contributed by atoms with Gasteiger partial charge in [0.15, 0.2) is 5.12 Å². The lowest BCUT2D eigenvalue weighted by Gasteiger charge is -2.10. The summed E-state index contributed by atoms with van der Waals surface area (Å²) in [6, 6.07) is 4.05. The first-order chi connectivity index (χ1) is 8.80. The van der Waals surface area contributed by atoms with Crippen LogP contribution in [0.25, 0.3) is 6.08 Å². The van der Waals surface area contributed by atoms with Gasteiger partial charge in [0.1, 0.15) is 0 Å². The summed E-state index contributed by atoms with van der Waals surface area (Å²) < 4.78 is 38.8. The van der Waals surface area contributed by atoms with Gasteiger partial charge < -0.3 is 0 Å². The summed E-state index contributed by atoms with van der Waals surface area (Å²) >= 11 is 4.19. The van der Waals surface area contributed by atoms with Crippen molar-refractivity contribution in [1.29, 1.82) is 0 Å². The van der Waals surface area contributed by atoms with Crippen LogP contribution in [-0.4, -0.2) is 10.9 Å². The molecule has 0 radical (unpaired) electrons. The molecule has 0 aliphatic heterocycles. The molecule has 0 fully saturated rings. The minimum atomic E-state index is -4.38. The number of halogens is 4. The van der Waals surface area contributed by atoms with Crippen molar-refractivity contribution in [3.05, 3.63) is 39.9 Å². The number of thioether (sulfide) groups is 1. The number of carbonyl (C=O) groups excluding carboxylic acids is 1. The van der Waals surface area contributed by atoms with Gasteiger partial charge in [0.05, 0.1) is 5.56 Å². The van der Waals surface area contributed by atoms with Crippen molar-refractivity contribution in [3.8, 4) is 0 Å². The van der Waals surface area contributed by atoms with E-state index in [2.05, 4.69) is 15.9 Å². The van der Waals surface area contributed by atoms with Crippen molar-refractivity contribution in [2.45, 2.75) is 19.5 Å². The summed E-state index contributed by atoms with van der Waals surface area (Å²) in [7, 11) is 0. The van der Waals surface area contributed by atoms with E-state index in [0.29, 0.717) is 16.6 Å². The van der Waals surface area contributed by atoms with Gasteiger partial charge in [-0.05, 0) is 24.1 Å². The molecule has 1 aromatic rings. The maximum atomic E-state index is 12.8. The van der Waals surface area contributed by atoms with E-state index in [9.17, 15) is 18.0 Å². The fourth-order valence-corrected chi connectivity index (χ4v) is 2.30. The molecule has 0 spiro atoms. The first-order valence-corrected chi connectivity index (χ1v) is 7.25. The molecule has 104 valence electrons. The zero-order valence-electron chi connectivity index (χ0n) is 10.1. The summed E-state index contributed by atoms with van der Waals surface area (Å²) in [4.78, 5) is 10.7. The van der Waals surface area contributed by atoms with Crippen molar-refractivity contribution in [2.24, 2.45) is 0 Å². The summed E-state index contributed by atoms with van der Waals surface area (Å²) in [6.07, 6.45) is -0.737. The van der Waals surface area contributed by atoms with Crippen LogP contribution >= 0.6 is 27.7 Å². The molecule has 0 saturated heterocycles. The minimum absolute atomic E-state index is 0.00743. The largest absolute Gasteiger partial charge is 0.417 e. The smallest absolute Gasteiger partial charge is 0.288 e. The molecule has 0 heterocycles. The highest BCUT2D eigenvalue weighted by Gasteiger charge is 2.32. The van der Waals surface area contributed by atoms with Crippen molar-refractivity contribution in [3.63, 3.8) is 0 Å². The molecule has 0 N–H and O–H groups in total. The van der Waals surface area contributed by atoms with Gasteiger partial charge >= 0.3 is 6.18 Å². The molecule has 1 rings (SSSR count). The lowest BCUT2D eigenvalue weighted by Crippen LogP contribution is -2.07. The highest BCUT2D eigenvalue weighted by molar-refractivity contribution is 9.10. The van der Waals surface area contributed by atoms with E-state index in [0.717, 1.165) is 17.8 Å². The Morgan fingerprint density at radius 2 is 2.11 bits per heavy atom. The van der Waals surface area contributed by atoms with Gasteiger partial charge in [0, 0.05) is 17.1 Å². The minimum Gasteiger partial charge on any atom is -0.288 e. The lowest BCUT2D eigenvalue weighted by molar-refractivity contribution is -0.137. The summed E-state index contributed by atoms with van der Waals surface area (Å²) in [5.74, 6) is 0.573. The zero-order chi connectivity index (χ0) is 14.5. The van der Waals surface area contributed by atoms with Gasteiger partial charge in [0.25, 0.3) is 0 Å². The Bertz CT molecular complexity index is 483. The molecule has 1 nitrogen and oxygen atoms in total. The predicted molar refractivity (Wildman–Crippen MR) is 75.9 cm³/mol. The van der Waals surface area contributed by atoms with Crippen molar-refractivity contribution < 1.29 is 18.0 Å². The monoisotopic (exact) mass is 352 g/mol. The van der Waals surface area contributed by atoms with Crippen LogP contribution in [0, 0.1) is 0 Å². The zero-order valence-corrected chi connectivity index (χ0v) is 12.5. The Morgan fingerprint density at radius 1 is 1.42 bits per heavy atom. The normalized spacial score (nSPS) is 12.1. The van der Waals surface area contributed by atoms with Gasteiger partial charge in [-0.1, -0.05) is 45.9 Å². The van der Waals surface area contributed by atoms with E-state index in [1.807, 2.05) is 0 Å². The number of rotatable bonds is 4. The second-order valence-electron chi connectivity index (χ2n) is 3.76. The molecule has 1 aromatic carbocycles. The highest BCUT2D eigenvalue weighted by atomic mass is 79.9. The molecule has 0 bridgehead atoms. The molecule has 6 heteroatoms. The Kier molecular flexibility index (Phi) is 6.13. The van der Waals surface area contributed by atoms with E-state index in [-0.39, 0.29) is 10.7 Å². The summed E-state index contributed by atoms with van der Waals surface area (Å²) in [5.41, 5.74) is -0.541.